The topological polar surface area (TPSA) is 45.2 Å². The molecule has 4 nitrogen and oxygen atoms in total. The molecule has 0 bridgehead atoms. The maximum atomic E-state index is 13.3. The molecule has 1 N–H and O–H groups in total. The first-order valence-electron chi connectivity index (χ1n) is 5.76. The Labute approximate surface area is 99.8 Å². The first-order chi connectivity index (χ1) is 8.16. The fourth-order valence-corrected chi connectivity index (χ4v) is 1.98. The van der Waals surface area contributed by atoms with Gasteiger partial charge in [0.2, 0.25) is 0 Å². The fraction of sp³-hybridized carbons (Fsp3) is 0.500. The summed E-state index contributed by atoms with van der Waals surface area (Å²) in [5.41, 5.74) is 0.0685. The molecular formula is C12H16FN3O. The largest absolute Gasteiger partial charge is 0.349 e. The SMILES string of the molecule is CN1CCC(NC(=O)c2ccncc2F)CC1. The van der Waals surface area contributed by atoms with Crippen LogP contribution in [0.25, 0.3) is 0 Å². The Morgan fingerprint density at radius 2 is 2.24 bits per heavy atom. The van der Waals surface area contributed by atoms with Gasteiger partial charge >= 0.3 is 0 Å². The predicted molar refractivity (Wildman–Crippen MR) is 62.2 cm³/mol. The van der Waals surface area contributed by atoms with Crippen molar-refractivity contribution in [2.24, 2.45) is 0 Å². The van der Waals surface area contributed by atoms with Gasteiger partial charge in [-0.05, 0) is 39.0 Å². The molecule has 1 aromatic heterocycles. The summed E-state index contributed by atoms with van der Waals surface area (Å²) in [5, 5.41) is 2.86. The van der Waals surface area contributed by atoms with Crippen molar-refractivity contribution in [2.45, 2.75) is 18.9 Å². The van der Waals surface area contributed by atoms with Crippen molar-refractivity contribution >= 4 is 5.91 Å². The molecule has 2 heterocycles. The highest BCUT2D eigenvalue weighted by atomic mass is 19.1. The molecule has 1 aromatic rings. The number of likely N-dealkylation sites (tertiary alicyclic amines) is 1. The minimum Gasteiger partial charge on any atom is -0.349 e. The van der Waals surface area contributed by atoms with Gasteiger partial charge in [0.1, 0.15) is 0 Å². The second-order valence-electron chi connectivity index (χ2n) is 4.41. The summed E-state index contributed by atoms with van der Waals surface area (Å²) in [6.07, 6.45) is 4.31. The van der Waals surface area contributed by atoms with Gasteiger partial charge in [-0.25, -0.2) is 4.39 Å². The number of hydrogen-bond acceptors (Lipinski definition) is 3. The van der Waals surface area contributed by atoms with Crippen LogP contribution in [0.5, 0.6) is 0 Å². The Balaban J connectivity index is 1.96. The van der Waals surface area contributed by atoms with Gasteiger partial charge in [-0.2, -0.15) is 0 Å². The van der Waals surface area contributed by atoms with Crippen LogP contribution in [0.3, 0.4) is 0 Å². The average molecular weight is 237 g/mol. The summed E-state index contributed by atoms with van der Waals surface area (Å²) >= 11 is 0. The number of carbonyl (C=O) groups is 1. The predicted octanol–water partition coefficient (Wildman–Crippen LogP) is 1.04. The third-order valence-electron chi connectivity index (χ3n) is 3.07. The molecule has 1 aliphatic heterocycles. The molecule has 0 aromatic carbocycles. The maximum Gasteiger partial charge on any atom is 0.254 e. The number of rotatable bonds is 2. The number of halogens is 1. The van der Waals surface area contributed by atoms with Crippen molar-refractivity contribution in [3.63, 3.8) is 0 Å². The lowest BCUT2D eigenvalue weighted by Crippen LogP contribution is -2.43. The van der Waals surface area contributed by atoms with Gasteiger partial charge in [0.25, 0.3) is 5.91 Å². The Hall–Kier alpha value is -1.49. The molecule has 2 rings (SSSR count). The minimum atomic E-state index is -0.571. The van der Waals surface area contributed by atoms with Gasteiger partial charge in [0.05, 0.1) is 11.8 Å². The molecule has 1 fully saturated rings. The normalized spacial score (nSPS) is 18.0. The number of piperidine rings is 1. The van der Waals surface area contributed by atoms with Gasteiger partial charge in [-0.15, -0.1) is 0 Å². The second kappa shape index (κ2) is 5.23. The zero-order valence-electron chi connectivity index (χ0n) is 9.82. The molecule has 17 heavy (non-hydrogen) atoms. The molecule has 1 saturated heterocycles. The standard InChI is InChI=1S/C12H16FN3O/c1-16-6-3-9(4-7-16)15-12(17)10-2-5-14-8-11(10)13/h2,5,8-9H,3-4,6-7H2,1H3,(H,15,17). The lowest BCUT2D eigenvalue weighted by Gasteiger charge is -2.29. The number of nitrogens with zero attached hydrogens (tertiary/aromatic N) is 2. The highest BCUT2D eigenvalue weighted by Gasteiger charge is 2.20. The second-order valence-corrected chi connectivity index (χ2v) is 4.41. The van der Waals surface area contributed by atoms with Crippen LogP contribution < -0.4 is 5.32 Å². The number of amides is 1. The monoisotopic (exact) mass is 237 g/mol. The average Bonchev–Trinajstić information content (AvgIpc) is 2.32. The molecular weight excluding hydrogens is 221 g/mol. The Morgan fingerprint density at radius 3 is 2.88 bits per heavy atom. The summed E-state index contributed by atoms with van der Waals surface area (Å²) in [5.74, 6) is -0.919. The molecule has 0 radical (unpaired) electrons. The summed E-state index contributed by atoms with van der Waals surface area (Å²) < 4.78 is 13.3. The summed E-state index contributed by atoms with van der Waals surface area (Å²) in [4.78, 5) is 17.7. The van der Waals surface area contributed by atoms with Crippen molar-refractivity contribution in [1.29, 1.82) is 0 Å². The Morgan fingerprint density at radius 1 is 1.53 bits per heavy atom. The maximum absolute atomic E-state index is 13.3. The molecule has 92 valence electrons. The van der Waals surface area contributed by atoms with E-state index < -0.39 is 5.82 Å². The number of carbonyl (C=O) groups excluding carboxylic acids is 1. The van der Waals surface area contributed by atoms with Crippen LogP contribution in [0.15, 0.2) is 18.5 Å². The van der Waals surface area contributed by atoms with E-state index in [4.69, 9.17) is 0 Å². The highest BCUT2D eigenvalue weighted by molar-refractivity contribution is 5.94. The van der Waals surface area contributed by atoms with Crippen molar-refractivity contribution in [3.05, 3.63) is 29.8 Å². The molecule has 0 aliphatic carbocycles. The van der Waals surface area contributed by atoms with Crippen molar-refractivity contribution in [3.8, 4) is 0 Å². The molecule has 1 amide bonds. The van der Waals surface area contributed by atoms with Crippen LogP contribution in [0.2, 0.25) is 0 Å². The summed E-state index contributed by atoms with van der Waals surface area (Å²) in [6.45, 7) is 1.92. The molecule has 0 unspecified atom stereocenters. The van der Waals surface area contributed by atoms with Crippen molar-refractivity contribution in [2.75, 3.05) is 20.1 Å². The Bertz CT molecular complexity index is 402. The third kappa shape index (κ3) is 3.00. The molecule has 0 spiro atoms. The van der Waals surface area contributed by atoms with Gasteiger partial charge in [0.15, 0.2) is 5.82 Å². The van der Waals surface area contributed by atoms with E-state index in [0.717, 1.165) is 32.1 Å². The third-order valence-corrected chi connectivity index (χ3v) is 3.07. The molecule has 5 heteroatoms. The number of hydrogen-bond donors (Lipinski definition) is 1. The smallest absolute Gasteiger partial charge is 0.254 e. The van der Waals surface area contributed by atoms with E-state index in [0.29, 0.717) is 0 Å². The van der Waals surface area contributed by atoms with Crippen LogP contribution in [0, 0.1) is 5.82 Å². The molecule has 0 saturated carbocycles. The summed E-state index contributed by atoms with van der Waals surface area (Å²) in [7, 11) is 2.06. The van der Waals surface area contributed by atoms with E-state index in [1.807, 2.05) is 0 Å². The summed E-state index contributed by atoms with van der Waals surface area (Å²) in [6, 6.07) is 1.55. The van der Waals surface area contributed by atoms with E-state index in [2.05, 4.69) is 22.2 Å². The van der Waals surface area contributed by atoms with Gasteiger partial charge < -0.3 is 10.2 Å². The van der Waals surface area contributed by atoms with Crippen LogP contribution >= 0.6 is 0 Å². The number of aromatic nitrogens is 1. The first kappa shape index (κ1) is 12.0. The van der Waals surface area contributed by atoms with E-state index in [1.54, 1.807) is 0 Å². The zero-order valence-corrected chi connectivity index (χ0v) is 9.82. The van der Waals surface area contributed by atoms with E-state index in [9.17, 15) is 9.18 Å². The van der Waals surface area contributed by atoms with Crippen LogP contribution in [0.1, 0.15) is 23.2 Å². The van der Waals surface area contributed by atoms with Gasteiger partial charge in [-0.3, -0.25) is 9.78 Å². The first-order valence-corrected chi connectivity index (χ1v) is 5.76. The van der Waals surface area contributed by atoms with Crippen molar-refractivity contribution in [1.82, 2.24) is 15.2 Å². The number of nitrogens with one attached hydrogen (secondary N) is 1. The highest BCUT2D eigenvalue weighted by Crippen LogP contribution is 2.10. The minimum absolute atomic E-state index is 0.0685. The van der Waals surface area contributed by atoms with Crippen LogP contribution in [-0.4, -0.2) is 42.0 Å². The van der Waals surface area contributed by atoms with E-state index in [1.165, 1.54) is 12.3 Å². The lowest BCUT2D eigenvalue weighted by atomic mass is 10.1. The van der Waals surface area contributed by atoms with Crippen molar-refractivity contribution < 1.29 is 9.18 Å². The molecule has 0 atom stereocenters. The quantitative estimate of drug-likeness (QED) is 0.836. The van der Waals surface area contributed by atoms with Crippen LogP contribution in [0.4, 0.5) is 4.39 Å². The zero-order chi connectivity index (χ0) is 12.3. The van der Waals surface area contributed by atoms with E-state index in [-0.39, 0.29) is 17.5 Å². The van der Waals surface area contributed by atoms with Gasteiger partial charge in [0, 0.05) is 12.2 Å². The van der Waals surface area contributed by atoms with E-state index >= 15 is 0 Å². The Kier molecular flexibility index (Phi) is 3.68. The lowest BCUT2D eigenvalue weighted by molar-refractivity contribution is 0.0912. The number of pyridine rings is 1. The molecule has 1 aliphatic rings. The fourth-order valence-electron chi connectivity index (χ4n) is 1.98. The van der Waals surface area contributed by atoms with Gasteiger partial charge in [-0.1, -0.05) is 0 Å². The van der Waals surface area contributed by atoms with Crippen LogP contribution in [-0.2, 0) is 0 Å².